The molecule has 0 spiro atoms. The summed E-state index contributed by atoms with van der Waals surface area (Å²) in [6, 6.07) is 7.07. The molecule has 0 aliphatic carbocycles. The molecule has 3 nitrogen and oxygen atoms in total. The molecule has 0 saturated carbocycles. The Balaban J connectivity index is 2.46. The summed E-state index contributed by atoms with van der Waals surface area (Å²) in [5, 5.41) is 0. The van der Waals surface area contributed by atoms with E-state index in [4.69, 9.17) is 11.6 Å². The van der Waals surface area contributed by atoms with Crippen LogP contribution in [0.4, 0.5) is 10.1 Å². The van der Waals surface area contributed by atoms with Crippen molar-refractivity contribution in [2.75, 3.05) is 11.4 Å². The molecule has 2 aromatic rings. The van der Waals surface area contributed by atoms with Gasteiger partial charge in [-0.1, -0.05) is 27.5 Å². The van der Waals surface area contributed by atoms with E-state index in [0.29, 0.717) is 8.81 Å². The number of halogens is 3. The Morgan fingerprint density at radius 2 is 2.00 bits per heavy atom. The molecule has 8 heteroatoms. The van der Waals surface area contributed by atoms with Crippen LogP contribution in [-0.4, -0.2) is 15.5 Å². The zero-order valence-corrected chi connectivity index (χ0v) is 13.6. The summed E-state index contributed by atoms with van der Waals surface area (Å²) in [4.78, 5) is 0. The van der Waals surface area contributed by atoms with E-state index < -0.39 is 15.8 Å². The number of anilines is 1. The number of rotatable bonds is 3. The first-order chi connectivity index (χ1) is 8.82. The summed E-state index contributed by atoms with van der Waals surface area (Å²) in [6.07, 6.45) is 0. The largest absolute Gasteiger partial charge is 0.273 e. The van der Waals surface area contributed by atoms with Gasteiger partial charge in [0.1, 0.15) is 10.0 Å². The topological polar surface area (TPSA) is 37.4 Å². The Morgan fingerprint density at radius 3 is 2.53 bits per heavy atom. The predicted octanol–water partition coefficient (Wildman–Crippen LogP) is 4.13. The van der Waals surface area contributed by atoms with Gasteiger partial charge >= 0.3 is 0 Å². The van der Waals surface area contributed by atoms with Gasteiger partial charge in [0.05, 0.1) is 10.0 Å². The van der Waals surface area contributed by atoms with Gasteiger partial charge in [-0.25, -0.2) is 12.8 Å². The average Bonchev–Trinajstić information content (AvgIpc) is 2.76. The average molecular weight is 385 g/mol. The fourth-order valence-electron chi connectivity index (χ4n) is 1.44. The van der Waals surface area contributed by atoms with Crippen LogP contribution in [0.3, 0.4) is 0 Å². The van der Waals surface area contributed by atoms with E-state index in [1.165, 1.54) is 31.3 Å². The molecule has 0 aliphatic rings. The van der Waals surface area contributed by atoms with Crippen molar-refractivity contribution in [3.8, 4) is 0 Å². The summed E-state index contributed by atoms with van der Waals surface area (Å²) in [5.41, 5.74) is -0.0206. The standard InChI is InChI=1S/C11H8BrClFNO2S2/c1-15(9-3-2-7(12)6-8(9)14)19(16,17)11-5-4-10(13)18-11/h2-6H,1H3. The van der Waals surface area contributed by atoms with E-state index in [1.807, 2.05) is 0 Å². The maximum atomic E-state index is 13.8. The van der Waals surface area contributed by atoms with E-state index in [0.717, 1.165) is 15.6 Å². The van der Waals surface area contributed by atoms with Crippen molar-refractivity contribution in [2.24, 2.45) is 0 Å². The lowest BCUT2D eigenvalue weighted by atomic mass is 10.3. The summed E-state index contributed by atoms with van der Waals surface area (Å²) in [6.45, 7) is 0. The highest BCUT2D eigenvalue weighted by Crippen LogP contribution is 2.31. The van der Waals surface area contributed by atoms with Gasteiger partial charge in [0.15, 0.2) is 0 Å². The molecule has 2 rings (SSSR count). The van der Waals surface area contributed by atoms with E-state index in [-0.39, 0.29) is 9.90 Å². The van der Waals surface area contributed by atoms with Crippen molar-refractivity contribution in [3.05, 3.63) is 45.0 Å². The van der Waals surface area contributed by atoms with Crippen molar-refractivity contribution in [1.82, 2.24) is 0 Å². The van der Waals surface area contributed by atoms with Crippen molar-refractivity contribution < 1.29 is 12.8 Å². The number of sulfonamides is 1. The predicted molar refractivity (Wildman–Crippen MR) is 79.0 cm³/mol. The molecule has 1 aromatic heterocycles. The van der Waals surface area contributed by atoms with Gasteiger partial charge < -0.3 is 0 Å². The molecule has 0 amide bonds. The maximum absolute atomic E-state index is 13.8. The summed E-state index contributed by atoms with van der Waals surface area (Å²) in [7, 11) is -2.49. The van der Waals surface area contributed by atoms with Crippen molar-refractivity contribution in [3.63, 3.8) is 0 Å². The molecule has 0 radical (unpaired) electrons. The summed E-state index contributed by atoms with van der Waals surface area (Å²) >= 11 is 9.78. The molecule has 102 valence electrons. The van der Waals surface area contributed by atoms with E-state index in [9.17, 15) is 12.8 Å². The molecule has 0 atom stereocenters. The van der Waals surface area contributed by atoms with Crippen LogP contribution in [0.25, 0.3) is 0 Å². The Hall–Kier alpha value is -0.630. The number of nitrogens with zero attached hydrogens (tertiary/aromatic N) is 1. The van der Waals surface area contributed by atoms with Gasteiger partial charge in [0.2, 0.25) is 0 Å². The highest BCUT2D eigenvalue weighted by atomic mass is 79.9. The van der Waals surface area contributed by atoms with Gasteiger partial charge in [0, 0.05) is 11.5 Å². The van der Waals surface area contributed by atoms with Gasteiger partial charge in [0.25, 0.3) is 10.0 Å². The molecule has 0 N–H and O–H groups in total. The molecule has 0 fully saturated rings. The Kier molecular flexibility index (Phi) is 4.20. The molecule has 19 heavy (non-hydrogen) atoms. The highest BCUT2D eigenvalue weighted by Gasteiger charge is 2.25. The third-order valence-corrected chi connectivity index (χ3v) is 6.38. The number of hydrogen-bond donors (Lipinski definition) is 0. The molecule has 0 bridgehead atoms. The Morgan fingerprint density at radius 1 is 1.32 bits per heavy atom. The second-order valence-corrected chi connectivity index (χ2v) is 8.45. The van der Waals surface area contributed by atoms with Crippen LogP contribution in [0.2, 0.25) is 4.34 Å². The summed E-state index contributed by atoms with van der Waals surface area (Å²) < 4.78 is 40.2. The minimum Gasteiger partial charge on any atom is -0.266 e. The second-order valence-electron chi connectivity index (χ2n) is 3.63. The first-order valence-corrected chi connectivity index (χ1v) is 8.44. The third-order valence-electron chi connectivity index (χ3n) is 2.41. The lowest BCUT2D eigenvalue weighted by molar-refractivity contribution is 0.591. The Labute approximate surface area is 127 Å². The highest BCUT2D eigenvalue weighted by molar-refractivity contribution is 9.10. The SMILES string of the molecule is CN(c1ccc(Br)cc1F)S(=O)(=O)c1ccc(Cl)s1. The molecule has 1 aromatic carbocycles. The lowest BCUT2D eigenvalue weighted by Gasteiger charge is -2.19. The Bertz CT molecular complexity index is 717. The number of hydrogen-bond acceptors (Lipinski definition) is 3. The molecule has 0 saturated heterocycles. The van der Waals surface area contributed by atoms with Gasteiger partial charge in [-0.3, -0.25) is 4.31 Å². The molecule has 0 aliphatic heterocycles. The zero-order chi connectivity index (χ0) is 14.2. The van der Waals surface area contributed by atoms with E-state index in [1.54, 1.807) is 6.07 Å². The monoisotopic (exact) mass is 383 g/mol. The van der Waals surface area contributed by atoms with Gasteiger partial charge in [-0.2, -0.15) is 0 Å². The van der Waals surface area contributed by atoms with Crippen molar-refractivity contribution in [2.45, 2.75) is 4.21 Å². The quantitative estimate of drug-likeness (QED) is 0.798. The first kappa shape index (κ1) is 14.8. The number of thiophene rings is 1. The zero-order valence-electron chi connectivity index (χ0n) is 9.60. The minimum absolute atomic E-state index is 0.0206. The van der Waals surface area contributed by atoms with E-state index >= 15 is 0 Å². The van der Waals surface area contributed by atoms with Crippen LogP contribution in [0, 0.1) is 5.82 Å². The lowest BCUT2D eigenvalue weighted by Crippen LogP contribution is -2.26. The van der Waals surface area contributed by atoms with Gasteiger partial charge in [-0.05, 0) is 30.3 Å². The second kappa shape index (κ2) is 5.40. The van der Waals surface area contributed by atoms with Gasteiger partial charge in [-0.15, -0.1) is 11.3 Å². The van der Waals surface area contributed by atoms with Crippen LogP contribution in [0.1, 0.15) is 0 Å². The van der Waals surface area contributed by atoms with Crippen LogP contribution in [0.15, 0.2) is 39.0 Å². The van der Waals surface area contributed by atoms with Crippen molar-refractivity contribution >= 4 is 54.6 Å². The molecular formula is C11H8BrClFNO2S2. The summed E-state index contributed by atoms with van der Waals surface area (Å²) in [5.74, 6) is -0.622. The molecule has 0 unspecified atom stereocenters. The van der Waals surface area contributed by atoms with E-state index in [2.05, 4.69) is 15.9 Å². The van der Waals surface area contributed by atoms with Crippen LogP contribution in [0.5, 0.6) is 0 Å². The fourth-order valence-corrected chi connectivity index (χ4v) is 4.63. The van der Waals surface area contributed by atoms with Crippen LogP contribution in [-0.2, 0) is 10.0 Å². The molecule has 1 heterocycles. The normalized spacial score (nSPS) is 11.6. The first-order valence-electron chi connectivity index (χ1n) is 5.01. The van der Waals surface area contributed by atoms with Crippen LogP contribution >= 0.6 is 38.9 Å². The molecular weight excluding hydrogens is 377 g/mol. The minimum atomic E-state index is -3.79. The third kappa shape index (κ3) is 2.94. The smallest absolute Gasteiger partial charge is 0.266 e. The maximum Gasteiger partial charge on any atom is 0.273 e. The van der Waals surface area contributed by atoms with Crippen LogP contribution < -0.4 is 4.31 Å². The van der Waals surface area contributed by atoms with Crippen molar-refractivity contribution in [1.29, 1.82) is 0 Å². The fraction of sp³-hybridized carbons (Fsp3) is 0.0909. The number of benzene rings is 1.